The molecular weight excluding hydrogens is 318 g/mol. The molecule has 0 bridgehead atoms. The zero-order valence-electron chi connectivity index (χ0n) is 13.0. The third kappa shape index (κ3) is 3.75. The van der Waals surface area contributed by atoms with Crippen LogP contribution in [0, 0.1) is 13.8 Å². The molecule has 0 radical (unpaired) electrons. The van der Waals surface area contributed by atoms with E-state index >= 15 is 0 Å². The Morgan fingerprint density at radius 1 is 1.18 bits per heavy atom. The fourth-order valence-corrected chi connectivity index (χ4v) is 3.61. The molecule has 0 fully saturated rings. The van der Waals surface area contributed by atoms with Gasteiger partial charge in [-0.15, -0.1) is 11.3 Å². The number of carbonyl (C=O) groups is 1. The molecule has 1 heterocycles. The summed E-state index contributed by atoms with van der Waals surface area (Å²) in [5.74, 6) is -0.110. The lowest BCUT2D eigenvalue weighted by molar-refractivity contribution is 0.0944. The summed E-state index contributed by atoms with van der Waals surface area (Å²) in [6.07, 6.45) is 1.18. The highest BCUT2D eigenvalue weighted by Gasteiger charge is 2.15. The molecule has 0 aliphatic rings. The first-order valence-corrected chi connectivity index (χ1v) is 9.57. The average molecular weight is 337 g/mol. The first-order chi connectivity index (χ1) is 10.2. The fraction of sp³-hybridized carbons (Fsp3) is 0.312. The van der Waals surface area contributed by atoms with E-state index in [4.69, 9.17) is 0 Å². The summed E-state index contributed by atoms with van der Waals surface area (Å²) in [4.78, 5) is 14.3. The van der Waals surface area contributed by atoms with Crippen LogP contribution in [-0.2, 0) is 9.84 Å². The molecule has 1 amide bonds. The van der Waals surface area contributed by atoms with Gasteiger partial charge in [0.15, 0.2) is 9.84 Å². The van der Waals surface area contributed by atoms with E-state index in [9.17, 15) is 13.2 Å². The number of sulfone groups is 1. The van der Waals surface area contributed by atoms with E-state index in [1.165, 1.54) is 17.6 Å². The molecule has 2 aromatic rings. The molecule has 0 saturated heterocycles. The Balaban J connectivity index is 2.12. The van der Waals surface area contributed by atoms with Crippen LogP contribution in [0.2, 0.25) is 0 Å². The van der Waals surface area contributed by atoms with Crippen molar-refractivity contribution in [3.8, 4) is 0 Å². The van der Waals surface area contributed by atoms with Crippen LogP contribution in [0.4, 0.5) is 0 Å². The Morgan fingerprint density at radius 2 is 1.77 bits per heavy atom. The van der Waals surface area contributed by atoms with Crippen LogP contribution in [0.15, 0.2) is 35.2 Å². The summed E-state index contributed by atoms with van der Waals surface area (Å²) >= 11 is 1.47. The number of rotatable bonds is 4. The molecule has 0 spiro atoms. The van der Waals surface area contributed by atoms with Crippen molar-refractivity contribution < 1.29 is 13.2 Å². The number of carbonyl (C=O) groups excluding carboxylic acids is 1. The average Bonchev–Trinajstić information content (AvgIpc) is 2.78. The largest absolute Gasteiger partial charge is 0.345 e. The van der Waals surface area contributed by atoms with Gasteiger partial charge in [0.05, 0.1) is 15.8 Å². The second kappa shape index (κ2) is 6.22. The minimum absolute atomic E-state index is 0.110. The highest BCUT2D eigenvalue weighted by atomic mass is 32.2. The van der Waals surface area contributed by atoms with Crippen LogP contribution < -0.4 is 5.32 Å². The molecule has 22 heavy (non-hydrogen) atoms. The topological polar surface area (TPSA) is 63.2 Å². The Morgan fingerprint density at radius 3 is 2.23 bits per heavy atom. The van der Waals surface area contributed by atoms with Crippen LogP contribution >= 0.6 is 11.3 Å². The van der Waals surface area contributed by atoms with Crippen molar-refractivity contribution in [2.75, 3.05) is 6.26 Å². The van der Waals surface area contributed by atoms with E-state index in [1.807, 2.05) is 26.8 Å². The van der Waals surface area contributed by atoms with E-state index in [0.29, 0.717) is 4.88 Å². The van der Waals surface area contributed by atoms with Crippen molar-refractivity contribution in [2.24, 2.45) is 0 Å². The second-order valence-electron chi connectivity index (χ2n) is 5.39. The van der Waals surface area contributed by atoms with Crippen molar-refractivity contribution >= 4 is 27.1 Å². The third-order valence-electron chi connectivity index (χ3n) is 3.55. The van der Waals surface area contributed by atoms with Gasteiger partial charge in [-0.1, -0.05) is 12.1 Å². The first kappa shape index (κ1) is 16.7. The molecule has 1 aromatic carbocycles. The zero-order valence-corrected chi connectivity index (χ0v) is 14.6. The highest BCUT2D eigenvalue weighted by molar-refractivity contribution is 7.90. The zero-order chi connectivity index (χ0) is 16.5. The Kier molecular flexibility index (Phi) is 4.72. The molecule has 118 valence electrons. The van der Waals surface area contributed by atoms with Gasteiger partial charge < -0.3 is 5.32 Å². The molecule has 1 atom stereocenters. The maximum absolute atomic E-state index is 12.2. The van der Waals surface area contributed by atoms with Gasteiger partial charge >= 0.3 is 0 Å². The van der Waals surface area contributed by atoms with Crippen LogP contribution in [0.25, 0.3) is 0 Å². The fourth-order valence-electron chi connectivity index (χ4n) is 2.04. The van der Waals surface area contributed by atoms with Gasteiger partial charge in [-0.2, -0.15) is 0 Å². The molecule has 1 N–H and O–H groups in total. The summed E-state index contributed by atoms with van der Waals surface area (Å²) in [6.45, 7) is 5.85. The number of aryl methyl sites for hydroxylation is 2. The van der Waals surface area contributed by atoms with Gasteiger partial charge in [-0.3, -0.25) is 4.79 Å². The molecular formula is C16H19NO3S2. The lowest BCUT2D eigenvalue weighted by Gasteiger charge is -2.14. The van der Waals surface area contributed by atoms with Crippen molar-refractivity contribution in [1.29, 1.82) is 0 Å². The van der Waals surface area contributed by atoms with Crippen molar-refractivity contribution in [3.63, 3.8) is 0 Å². The Labute approximate surface area is 135 Å². The second-order valence-corrected chi connectivity index (χ2v) is 8.66. The standard InChI is InChI=1S/C16H19NO3S2/c1-10-9-15(21-12(10)3)16(18)17-11(2)13-5-7-14(8-6-13)22(4,19)20/h5-9,11H,1-4H3,(H,17,18)/t11-/m0/s1. The summed E-state index contributed by atoms with van der Waals surface area (Å²) in [5, 5.41) is 2.93. The Hall–Kier alpha value is -1.66. The van der Waals surface area contributed by atoms with Gasteiger partial charge in [-0.25, -0.2) is 8.42 Å². The number of hydrogen-bond donors (Lipinski definition) is 1. The van der Waals surface area contributed by atoms with Gasteiger partial charge in [0.2, 0.25) is 0 Å². The van der Waals surface area contributed by atoms with E-state index in [0.717, 1.165) is 16.0 Å². The highest BCUT2D eigenvalue weighted by Crippen LogP contribution is 2.22. The number of hydrogen-bond acceptors (Lipinski definition) is 4. The first-order valence-electron chi connectivity index (χ1n) is 6.86. The van der Waals surface area contributed by atoms with E-state index < -0.39 is 9.84 Å². The third-order valence-corrected chi connectivity index (χ3v) is 5.83. The lowest BCUT2D eigenvalue weighted by Crippen LogP contribution is -2.25. The number of benzene rings is 1. The SMILES string of the molecule is Cc1cc(C(=O)N[C@@H](C)c2ccc(S(C)(=O)=O)cc2)sc1C. The summed E-state index contributed by atoms with van der Waals surface area (Å²) in [5.41, 5.74) is 1.98. The van der Waals surface area contributed by atoms with E-state index in [2.05, 4.69) is 5.32 Å². The molecule has 0 saturated carbocycles. The van der Waals surface area contributed by atoms with Crippen molar-refractivity contribution in [1.82, 2.24) is 5.32 Å². The maximum atomic E-state index is 12.2. The molecule has 0 aliphatic carbocycles. The maximum Gasteiger partial charge on any atom is 0.261 e. The number of thiophene rings is 1. The predicted molar refractivity (Wildman–Crippen MR) is 89.2 cm³/mol. The van der Waals surface area contributed by atoms with E-state index in [-0.39, 0.29) is 16.8 Å². The van der Waals surface area contributed by atoms with Crippen molar-refractivity contribution in [2.45, 2.75) is 31.7 Å². The normalized spacial score (nSPS) is 12.9. The number of nitrogens with one attached hydrogen (secondary N) is 1. The quantitative estimate of drug-likeness (QED) is 0.931. The molecule has 6 heteroatoms. The summed E-state index contributed by atoms with van der Waals surface area (Å²) in [7, 11) is -3.20. The summed E-state index contributed by atoms with van der Waals surface area (Å²) < 4.78 is 22.9. The molecule has 4 nitrogen and oxygen atoms in total. The van der Waals surface area contributed by atoms with Crippen molar-refractivity contribution in [3.05, 3.63) is 51.2 Å². The van der Waals surface area contributed by atoms with Crippen LogP contribution in [-0.4, -0.2) is 20.6 Å². The lowest BCUT2D eigenvalue weighted by atomic mass is 10.1. The molecule has 0 aliphatic heterocycles. The van der Waals surface area contributed by atoms with Crippen LogP contribution in [0.3, 0.4) is 0 Å². The van der Waals surface area contributed by atoms with Crippen LogP contribution in [0.1, 0.15) is 38.6 Å². The predicted octanol–water partition coefficient (Wildman–Crippen LogP) is 3.26. The smallest absolute Gasteiger partial charge is 0.261 e. The van der Waals surface area contributed by atoms with Crippen LogP contribution in [0.5, 0.6) is 0 Å². The molecule has 1 aromatic heterocycles. The van der Waals surface area contributed by atoms with Gasteiger partial charge in [0.1, 0.15) is 0 Å². The minimum Gasteiger partial charge on any atom is -0.345 e. The van der Waals surface area contributed by atoms with Gasteiger partial charge in [-0.05, 0) is 50.1 Å². The summed E-state index contributed by atoms with van der Waals surface area (Å²) in [6, 6.07) is 8.27. The molecule has 2 rings (SSSR count). The van der Waals surface area contributed by atoms with Gasteiger partial charge in [0, 0.05) is 11.1 Å². The Bertz CT molecular complexity index is 770. The number of amides is 1. The molecule has 0 unspecified atom stereocenters. The minimum atomic E-state index is -3.20. The van der Waals surface area contributed by atoms with E-state index in [1.54, 1.807) is 24.3 Å². The van der Waals surface area contributed by atoms with Gasteiger partial charge in [0.25, 0.3) is 5.91 Å². The monoisotopic (exact) mass is 337 g/mol.